The van der Waals surface area contributed by atoms with Crippen LogP contribution in [0.25, 0.3) is 0 Å². The summed E-state index contributed by atoms with van der Waals surface area (Å²) < 4.78 is 5.93. The molecule has 1 saturated heterocycles. The highest BCUT2D eigenvalue weighted by atomic mass is 127. The second kappa shape index (κ2) is 12.5. The Balaban J connectivity index is 0.00000300. The minimum Gasteiger partial charge on any atom is -0.376 e. The van der Waals surface area contributed by atoms with E-state index in [9.17, 15) is 0 Å². The highest BCUT2D eigenvalue weighted by Crippen LogP contribution is 2.19. The number of guanidine groups is 1. The number of hydrogen-bond donors (Lipinski definition) is 1. The van der Waals surface area contributed by atoms with Gasteiger partial charge in [0.15, 0.2) is 5.96 Å². The summed E-state index contributed by atoms with van der Waals surface area (Å²) in [4.78, 5) is 12.9. The molecule has 0 saturated carbocycles. The van der Waals surface area contributed by atoms with Crippen LogP contribution < -0.4 is 5.32 Å². The molecule has 1 unspecified atom stereocenters. The van der Waals surface area contributed by atoms with E-state index in [4.69, 9.17) is 9.72 Å². The maximum atomic E-state index is 5.93. The first-order chi connectivity index (χ1) is 13.7. The number of benzene rings is 1. The van der Waals surface area contributed by atoms with Gasteiger partial charge in [-0.15, -0.1) is 35.3 Å². The van der Waals surface area contributed by atoms with Crippen LogP contribution in [0, 0.1) is 12.8 Å². The van der Waals surface area contributed by atoms with Gasteiger partial charge in [-0.3, -0.25) is 4.99 Å². The van der Waals surface area contributed by atoms with Crippen molar-refractivity contribution in [2.24, 2.45) is 10.9 Å². The van der Waals surface area contributed by atoms with Gasteiger partial charge in [0.2, 0.25) is 0 Å². The number of ether oxygens (including phenoxy) is 1. The Hall–Kier alpha value is -1.19. The second-order valence-corrected chi connectivity index (χ2v) is 8.58. The zero-order valence-electron chi connectivity index (χ0n) is 17.7. The summed E-state index contributed by atoms with van der Waals surface area (Å²) in [5.41, 5.74) is 2.47. The molecule has 0 spiro atoms. The van der Waals surface area contributed by atoms with Crippen LogP contribution in [0.2, 0.25) is 0 Å². The zero-order chi connectivity index (χ0) is 19.8. The lowest BCUT2D eigenvalue weighted by atomic mass is 10.1. The van der Waals surface area contributed by atoms with Gasteiger partial charge in [0.05, 0.1) is 23.9 Å². The molecule has 5 nitrogen and oxygen atoms in total. The number of thiazole rings is 1. The lowest BCUT2D eigenvalue weighted by Crippen LogP contribution is -2.41. The first-order valence-corrected chi connectivity index (χ1v) is 11.0. The Labute approximate surface area is 196 Å². The van der Waals surface area contributed by atoms with Gasteiger partial charge in [0.25, 0.3) is 0 Å². The Morgan fingerprint density at radius 2 is 2.14 bits per heavy atom. The molecule has 1 aromatic heterocycles. The van der Waals surface area contributed by atoms with Gasteiger partial charge in [0.1, 0.15) is 0 Å². The number of hydrogen-bond acceptors (Lipinski definition) is 4. The number of aromatic nitrogens is 1. The topological polar surface area (TPSA) is 49.8 Å². The molecule has 160 valence electrons. The lowest BCUT2D eigenvalue weighted by molar-refractivity contribution is 0.0907. The van der Waals surface area contributed by atoms with E-state index in [0.717, 1.165) is 51.5 Å². The summed E-state index contributed by atoms with van der Waals surface area (Å²) in [7, 11) is 1.87. The van der Waals surface area contributed by atoms with E-state index < -0.39 is 0 Å². The first kappa shape index (κ1) is 24.1. The van der Waals surface area contributed by atoms with Crippen LogP contribution in [0.15, 0.2) is 35.3 Å². The van der Waals surface area contributed by atoms with Gasteiger partial charge in [0, 0.05) is 43.9 Å². The summed E-state index contributed by atoms with van der Waals surface area (Å²) in [6.07, 6.45) is 3.11. The molecule has 0 radical (unpaired) electrons. The van der Waals surface area contributed by atoms with Gasteiger partial charge in [-0.1, -0.05) is 37.3 Å². The number of aryl methyl sites for hydroxylation is 2. The van der Waals surface area contributed by atoms with Crippen LogP contribution >= 0.6 is 35.3 Å². The molecule has 29 heavy (non-hydrogen) atoms. The summed E-state index contributed by atoms with van der Waals surface area (Å²) >= 11 is 1.82. The van der Waals surface area contributed by atoms with Gasteiger partial charge in [-0.2, -0.15) is 0 Å². The van der Waals surface area contributed by atoms with Crippen molar-refractivity contribution in [3.63, 3.8) is 0 Å². The third kappa shape index (κ3) is 7.22. The SMILES string of the molecule is CCc1nc(CCNC(=NC)N2CCC(COCc3ccccc3)C2)sc1C.I. The van der Waals surface area contributed by atoms with Crippen molar-refractivity contribution in [1.29, 1.82) is 0 Å². The normalized spacial score (nSPS) is 16.7. The Kier molecular flexibility index (Phi) is 10.4. The Bertz CT molecular complexity index is 765. The predicted octanol–water partition coefficient (Wildman–Crippen LogP) is 4.29. The molecule has 1 atom stereocenters. The van der Waals surface area contributed by atoms with Crippen molar-refractivity contribution < 1.29 is 4.74 Å². The molecule has 1 N–H and O–H groups in total. The molecule has 7 heteroatoms. The fraction of sp³-hybridized carbons (Fsp3) is 0.545. The van der Waals surface area contributed by atoms with E-state index >= 15 is 0 Å². The molecule has 1 aliphatic heterocycles. The summed E-state index contributed by atoms with van der Waals surface area (Å²) in [5, 5.41) is 4.72. The first-order valence-electron chi connectivity index (χ1n) is 10.2. The fourth-order valence-corrected chi connectivity index (χ4v) is 4.64. The van der Waals surface area contributed by atoms with Crippen LogP contribution in [0.1, 0.15) is 34.5 Å². The number of aliphatic imine (C=N–C) groups is 1. The Morgan fingerprint density at radius 3 is 2.83 bits per heavy atom. The number of nitrogens with zero attached hydrogens (tertiary/aromatic N) is 3. The Morgan fingerprint density at radius 1 is 1.34 bits per heavy atom. The van der Waals surface area contributed by atoms with Crippen LogP contribution in [0.4, 0.5) is 0 Å². The van der Waals surface area contributed by atoms with Crippen molar-refractivity contribution in [1.82, 2.24) is 15.2 Å². The van der Waals surface area contributed by atoms with Gasteiger partial charge in [-0.25, -0.2) is 4.98 Å². The van der Waals surface area contributed by atoms with Crippen LogP contribution in [0.3, 0.4) is 0 Å². The molecular formula is C22H33IN4OS. The van der Waals surface area contributed by atoms with E-state index in [0.29, 0.717) is 12.5 Å². The second-order valence-electron chi connectivity index (χ2n) is 7.29. The molecular weight excluding hydrogens is 495 g/mol. The van der Waals surface area contributed by atoms with Crippen molar-refractivity contribution >= 4 is 41.3 Å². The maximum absolute atomic E-state index is 5.93. The van der Waals surface area contributed by atoms with Gasteiger partial charge >= 0.3 is 0 Å². The van der Waals surface area contributed by atoms with Crippen molar-refractivity contribution in [3.8, 4) is 0 Å². The van der Waals surface area contributed by atoms with Gasteiger partial charge in [-0.05, 0) is 25.3 Å². The number of likely N-dealkylation sites (tertiary alicyclic amines) is 1. The van der Waals surface area contributed by atoms with Crippen molar-refractivity contribution in [3.05, 3.63) is 51.5 Å². The molecule has 1 aromatic carbocycles. The molecule has 3 rings (SSSR count). The van der Waals surface area contributed by atoms with E-state index in [1.165, 1.54) is 21.1 Å². The predicted molar refractivity (Wildman–Crippen MR) is 132 cm³/mol. The highest BCUT2D eigenvalue weighted by molar-refractivity contribution is 14.0. The van der Waals surface area contributed by atoms with Crippen molar-refractivity contribution in [2.75, 3.05) is 33.3 Å². The quantitative estimate of drug-likeness (QED) is 0.316. The largest absolute Gasteiger partial charge is 0.376 e. The third-order valence-electron chi connectivity index (χ3n) is 5.16. The summed E-state index contributed by atoms with van der Waals surface area (Å²) in [6, 6.07) is 10.4. The molecule has 1 aliphatic rings. The summed E-state index contributed by atoms with van der Waals surface area (Å²) in [6.45, 7) is 8.74. The van der Waals surface area contributed by atoms with Crippen LogP contribution in [0.5, 0.6) is 0 Å². The van der Waals surface area contributed by atoms with Crippen molar-refractivity contribution in [2.45, 2.75) is 39.7 Å². The van der Waals surface area contributed by atoms with Gasteiger partial charge < -0.3 is 15.0 Å². The average Bonchev–Trinajstić information content (AvgIpc) is 3.32. The molecule has 2 aromatic rings. The van der Waals surface area contributed by atoms with E-state index in [1.54, 1.807) is 0 Å². The highest BCUT2D eigenvalue weighted by Gasteiger charge is 2.25. The molecule has 0 amide bonds. The third-order valence-corrected chi connectivity index (χ3v) is 6.23. The van der Waals surface area contributed by atoms with Crippen LogP contribution in [-0.4, -0.2) is 49.1 Å². The lowest BCUT2D eigenvalue weighted by Gasteiger charge is -2.21. The molecule has 1 fully saturated rings. The standard InChI is InChI=1S/C22H32N4OS.HI/c1-4-20-17(2)28-21(25-20)10-12-24-22(23-3)26-13-11-19(14-26)16-27-15-18-8-6-5-7-9-18;/h5-9,19H,4,10-16H2,1-3H3,(H,23,24);1H. The van der Waals surface area contributed by atoms with E-state index in [2.05, 4.69) is 53.3 Å². The fourth-order valence-electron chi connectivity index (χ4n) is 3.61. The minimum absolute atomic E-state index is 0. The number of rotatable bonds is 8. The van der Waals surface area contributed by atoms with E-state index in [1.807, 2.05) is 24.5 Å². The molecule has 0 aliphatic carbocycles. The number of nitrogens with one attached hydrogen (secondary N) is 1. The number of halogens is 1. The smallest absolute Gasteiger partial charge is 0.193 e. The van der Waals surface area contributed by atoms with E-state index in [-0.39, 0.29) is 24.0 Å². The molecule has 0 bridgehead atoms. The van der Waals surface area contributed by atoms with Crippen LogP contribution in [-0.2, 0) is 24.2 Å². The molecule has 2 heterocycles. The zero-order valence-corrected chi connectivity index (χ0v) is 20.8. The summed E-state index contributed by atoms with van der Waals surface area (Å²) in [5.74, 6) is 1.56. The minimum atomic E-state index is 0. The monoisotopic (exact) mass is 528 g/mol. The average molecular weight is 529 g/mol. The maximum Gasteiger partial charge on any atom is 0.193 e.